The smallest absolute Gasteiger partial charge is 0.227 e. The zero-order valence-electron chi connectivity index (χ0n) is 16.0. The Labute approximate surface area is 162 Å². The second-order valence-electron chi connectivity index (χ2n) is 7.60. The highest BCUT2D eigenvalue weighted by Crippen LogP contribution is 2.42. The van der Waals surface area contributed by atoms with Crippen molar-refractivity contribution in [2.75, 3.05) is 6.61 Å². The maximum atomic E-state index is 12.9. The van der Waals surface area contributed by atoms with E-state index in [-0.39, 0.29) is 30.4 Å². The Morgan fingerprint density at radius 2 is 1.93 bits per heavy atom. The van der Waals surface area contributed by atoms with Crippen molar-refractivity contribution in [1.29, 1.82) is 5.26 Å². The molecule has 0 bridgehead atoms. The molecule has 1 aromatic carbocycles. The average molecular weight is 364 g/mol. The topological polar surface area (TPSA) is 64.3 Å². The lowest BCUT2D eigenvalue weighted by atomic mass is 9.74. The summed E-state index contributed by atoms with van der Waals surface area (Å²) < 4.78 is 0. The summed E-state index contributed by atoms with van der Waals surface area (Å²) in [5, 5.41) is 19.6. The van der Waals surface area contributed by atoms with Crippen LogP contribution in [-0.4, -0.2) is 34.6 Å². The van der Waals surface area contributed by atoms with Crippen molar-refractivity contribution >= 4 is 5.91 Å². The maximum absolute atomic E-state index is 12.9. The Hall–Kier alpha value is -2.30. The van der Waals surface area contributed by atoms with Gasteiger partial charge in [0, 0.05) is 23.8 Å². The number of carbonyl (C=O) groups excluding carboxylic acids is 1. The molecule has 1 saturated heterocycles. The molecule has 1 aliphatic carbocycles. The summed E-state index contributed by atoms with van der Waals surface area (Å²) >= 11 is 0. The summed E-state index contributed by atoms with van der Waals surface area (Å²) in [7, 11) is 0. The molecular formula is C23H28N2O2. The maximum Gasteiger partial charge on any atom is 0.227 e. The van der Waals surface area contributed by atoms with Gasteiger partial charge in [-0.1, -0.05) is 50.2 Å². The molecule has 2 fully saturated rings. The van der Waals surface area contributed by atoms with E-state index in [1.165, 1.54) is 6.42 Å². The third-order valence-electron chi connectivity index (χ3n) is 5.84. The van der Waals surface area contributed by atoms with Crippen LogP contribution < -0.4 is 0 Å². The minimum Gasteiger partial charge on any atom is -0.394 e. The van der Waals surface area contributed by atoms with Crippen LogP contribution in [-0.2, 0) is 4.79 Å². The van der Waals surface area contributed by atoms with Gasteiger partial charge < -0.3 is 10.0 Å². The van der Waals surface area contributed by atoms with E-state index in [1.54, 1.807) is 4.90 Å². The fraction of sp³-hybridized carbons (Fsp3) is 0.565. The standard InChI is InChI=1S/C23H28N2O2/c1-2-3-5-8-17-11-13-18(14-12-17)22-20(15-24)25(21(22)16-26)23(27)19-9-6-4-7-10-19/h11-14,19-22,26H,2-4,6-7,9-10,16H2,1H3/t20-,21+,22+/m1/s1. The van der Waals surface area contributed by atoms with E-state index in [0.29, 0.717) is 0 Å². The van der Waals surface area contributed by atoms with E-state index < -0.39 is 6.04 Å². The lowest BCUT2D eigenvalue weighted by Gasteiger charge is -2.52. The van der Waals surface area contributed by atoms with Gasteiger partial charge in [0.25, 0.3) is 0 Å². The predicted molar refractivity (Wildman–Crippen MR) is 105 cm³/mol. The number of unbranched alkanes of at least 4 members (excludes halogenated alkanes) is 1. The molecule has 2 aliphatic rings. The van der Waals surface area contributed by atoms with Gasteiger partial charge in [0.15, 0.2) is 0 Å². The van der Waals surface area contributed by atoms with Crippen LogP contribution >= 0.6 is 0 Å². The molecule has 0 unspecified atom stereocenters. The highest BCUT2D eigenvalue weighted by molar-refractivity contribution is 5.81. The molecule has 1 saturated carbocycles. The van der Waals surface area contributed by atoms with E-state index in [4.69, 9.17) is 0 Å². The quantitative estimate of drug-likeness (QED) is 0.830. The number of hydrogen-bond acceptors (Lipinski definition) is 3. The Bertz CT molecular complexity index is 747. The van der Waals surface area contributed by atoms with Gasteiger partial charge in [-0.15, -0.1) is 0 Å². The minimum absolute atomic E-state index is 0.0146. The van der Waals surface area contributed by atoms with Gasteiger partial charge in [-0.3, -0.25) is 4.79 Å². The van der Waals surface area contributed by atoms with Gasteiger partial charge in [-0.2, -0.15) is 5.26 Å². The van der Waals surface area contributed by atoms with Crippen LogP contribution in [0.3, 0.4) is 0 Å². The van der Waals surface area contributed by atoms with Crippen molar-refractivity contribution in [3.05, 3.63) is 35.4 Å². The fourth-order valence-electron chi connectivity index (χ4n) is 4.35. The summed E-state index contributed by atoms with van der Waals surface area (Å²) in [4.78, 5) is 14.6. The van der Waals surface area contributed by atoms with Gasteiger partial charge in [0.1, 0.15) is 6.04 Å². The SMILES string of the molecule is CCCC#Cc1ccc([C@H]2[C@@H](C#N)N(C(=O)C3CCCCC3)[C@H]2CO)cc1. The minimum atomic E-state index is -0.492. The van der Waals surface area contributed by atoms with Crippen LogP contribution in [0.25, 0.3) is 0 Å². The number of carbonyl (C=O) groups is 1. The van der Waals surface area contributed by atoms with Gasteiger partial charge in [-0.25, -0.2) is 0 Å². The van der Waals surface area contributed by atoms with E-state index in [1.807, 2.05) is 24.3 Å². The van der Waals surface area contributed by atoms with Crippen LogP contribution in [0.1, 0.15) is 68.9 Å². The van der Waals surface area contributed by atoms with Crippen LogP contribution in [0.5, 0.6) is 0 Å². The molecule has 142 valence electrons. The highest BCUT2D eigenvalue weighted by Gasteiger charge is 2.52. The zero-order chi connectivity index (χ0) is 19.2. The molecule has 1 amide bonds. The van der Waals surface area contributed by atoms with Crippen LogP contribution in [0.4, 0.5) is 0 Å². The summed E-state index contributed by atoms with van der Waals surface area (Å²) in [6.07, 6.45) is 7.07. The first-order valence-corrected chi connectivity index (χ1v) is 10.1. The molecule has 0 radical (unpaired) electrons. The van der Waals surface area contributed by atoms with Crippen LogP contribution in [0.2, 0.25) is 0 Å². The number of aliphatic hydroxyl groups excluding tert-OH is 1. The zero-order valence-corrected chi connectivity index (χ0v) is 16.0. The first-order chi connectivity index (χ1) is 13.2. The molecule has 3 rings (SSSR count). The molecule has 3 atom stereocenters. The summed E-state index contributed by atoms with van der Waals surface area (Å²) in [5.74, 6) is 6.21. The molecule has 0 aromatic heterocycles. The van der Waals surface area contributed by atoms with Crippen LogP contribution in [0, 0.1) is 29.1 Å². The van der Waals surface area contributed by atoms with Gasteiger partial charge in [0.2, 0.25) is 5.91 Å². The predicted octanol–water partition coefficient (Wildman–Crippen LogP) is 3.60. The largest absolute Gasteiger partial charge is 0.394 e. The number of nitrogens with zero attached hydrogens (tertiary/aromatic N) is 2. The summed E-state index contributed by atoms with van der Waals surface area (Å²) in [5.41, 5.74) is 1.95. The molecule has 0 spiro atoms. The number of nitriles is 1. The van der Waals surface area contributed by atoms with Crippen molar-refractivity contribution in [2.24, 2.45) is 5.92 Å². The number of rotatable bonds is 4. The fourth-order valence-corrected chi connectivity index (χ4v) is 4.35. The molecule has 4 nitrogen and oxygen atoms in total. The second kappa shape index (κ2) is 9.07. The normalized spacial score (nSPS) is 25.1. The van der Waals surface area contributed by atoms with Crippen molar-refractivity contribution in [3.63, 3.8) is 0 Å². The van der Waals surface area contributed by atoms with E-state index in [9.17, 15) is 15.2 Å². The third-order valence-corrected chi connectivity index (χ3v) is 5.84. The first kappa shape index (κ1) is 19.5. The van der Waals surface area contributed by atoms with Crippen molar-refractivity contribution in [3.8, 4) is 17.9 Å². The van der Waals surface area contributed by atoms with Crippen LogP contribution in [0.15, 0.2) is 24.3 Å². The lowest BCUT2D eigenvalue weighted by molar-refractivity contribution is -0.152. The number of hydrogen-bond donors (Lipinski definition) is 1. The average Bonchev–Trinajstić information content (AvgIpc) is 2.70. The summed E-state index contributed by atoms with van der Waals surface area (Å²) in [6, 6.07) is 9.40. The van der Waals surface area contributed by atoms with Gasteiger partial charge in [-0.05, 0) is 37.0 Å². The number of amides is 1. The number of aliphatic hydroxyl groups is 1. The third kappa shape index (κ3) is 4.02. The Morgan fingerprint density at radius 1 is 1.22 bits per heavy atom. The van der Waals surface area contributed by atoms with Crippen molar-refractivity contribution in [1.82, 2.24) is 4.90 Å². The second-order valence-corrected chi connectivity index (χ2v) is 7.60. The Morgan fingerprint density at radius 3 is 2.52 bits per heavy atom. The monoisotopic (exact) mass is 364 g/mol. The molecule has 1 N–H and O–H groups in total. The van der Waals surface area contributed by atoms with Crippen molar-refractivity contribution in [2.45, 2.75) is 69.9 Å². The van der Waals surface area contributed by atoms with E-state index in [0.717, 1.165) is 49.7 Å². The molecule has 27 heavy (non-hydrogen) atoms. The lowest BCUT2D eigenvalue weighted by Crippen LogP contribution is -2.66. The van der Waals surface area contributed by atoms with Crippen molar-refractivity contribution < 1.29 is 9.90 Å². The van der Waals surface area contributed by atoms with E-state index >= 15 is 0 Å². The van der Waals surface area contributed by atoms with E-state index in [2.05, 4.69) is 24.8 Å². The molecular weight excluding hydrogens is 336 g/mol. The number of likely N-dealkylation sites (tertiary alicyclic amines) is 1. The highest BCUT2D eigenvalue weighted by atomic mass is 16.3. The Kier molecular flexibility index (Phi) is 6.54. The first-order valence-electron chi connectivity index (χ1n) is 10.1. The van der Waals surface area contributed by atoms with Gasteiger partial charge in [0.05, 0.1) is 18.7 Å². The molecule has 1 aliphatic heterocycles. The number of benzene rings is 1. The molecule has 4 heteroatoms. The summed E-state index contributed by atoms with van der Waals surface area (Å²) in [6.45, 7) is 1.99. The van der Waals surface area contributed by atoms with Gasteiger partial charge >= 0.3 is 0 Å². The molecule has 1 aromatic rings. The Balaban J connectivity index is 1.75. The molecule has 1 heterocycles.